The lowest BCUT2D eigenvalue weighted by Gasteiger charge is -2.09. The second kappa shape index (κ2) is 9.30. The third-order valence-electron chi connectivity index (χ3n) is 4.99. The van der Waals surface area contributed by atoms with Crippen LogP contribution in [0, 0.1) is 13.8 Å². The highest BCUT2D eigenvalue weighted by Crippen LogP contribution is 2.19. The molecule has 0 saturated carbocycles. The number of aryl methyl sites for hydroxylation is 2. The number of carbonyl (C=O) groups is 1. The van der Waals surface area contributed by atoms with Crippen molar-refractivity contribution in [3.63, 3.8) is 0 Å². The summed E-state index contributed by atoms with van der Waals surface area (Å²) in [5.74, 6) is 1.43. The van der Waals surface area contributed by atoms with E-state index in [-0.39, 0.29) is 12.3 Å². The molecule has 0 fully saturated rings. The maximum Gasteiger partial charge on any atom is 0.228 e. The minimum absolute atomic E-state index is 0.0656. The number of aromatic nitrogens is 3. The third kappa shape index (κ3) is 5.39. The van der Waals surface area contributed by atoms with Gasteiger partial charge in [0.2, 0.25) is 5.91 Å². The van der Waals surface area contributed by atoms with Gasteiger partial charge in [-0.2, -0.15) is 0 Å². The molecule has 0 atom stereocenters. The second-order valence-corrected chi connectivity index (χ2v) is 7.40. The van der Waals surface area contributed by atoms with E-state index in [0.717, 1.165) is 39.6 Å². The quantitative estimate of drug-likeness (QED) is 0.463. The van der Waals surface area contributed by atoms with Gasteiger partial charge in [0, 0.05) is 24.6 Å². The van der Waals surface area contributed by atoms with E-state index in [1.807, 2.05) is 73.1 Å². The number of hydrogen-bond acceptors (Lipinski definition) is 5. The predicted octanol–water partition coefficient (Wildman–Crippen LogP) is 4.30. The summed E-state index contributed by atoms with van der Waals surface area (Å²) < 4.78 is 12.9. The van der Waals surface area contributed by atoms with Crippen molar-refractivity contribution in [3.05, 3.63) is 95.4 Å². The molecule has 0 spiro atoms. The molecule has 0 aliphatic heterocycles. The van der Waals surface area contributed by atoms with Crippen LogP contribution in [0.2, 0.25) is 0 Å². The summed E-state index contributed by atoms with van der Waals surface area (Å²) in [4.78, 5) is 16.5. The zero-order valence-corrected chi connectivity index (χ0v) is 17.5. The second-order valence-electron chi connectivity index (χ2n) is 7.40. The molecule has 7 nitrogen and oxygen atoms in total. The van der Waals surface area contributed by atoms with Crippen molar-refractivity contribution in [2.24, 2.45) is 0 Å². The maximum absolute atomic E-state index is 12.5. The molecule has 0 unspecified atom stereocenters. The smallest absolute Gasteiger partial charge is 0.228 e. The number of ether oxygens (including phenoxy) is 1. The number of rotatable bonds is 8. The zero-order chi connectivity index (χ0) is 21.6. The first-order valence-corrected chi connectivity index (χ1v) is 10.0. The molecule has 2 aromatic heterocycles. The average molecular weight is 416 g/mol. The van der Waals surface area contributed by atoms with Crippen molar-refractivity contribution >= 4 is 11.6 Å². The number of carbonyl (C=O) groups excluding carboxylic acids is 1. The van der Waals surface area contributed by atoms with Crippen molar-refractivity contribution in [2.45, 2.75) is 33.4 Å². The summed E-state index contributed by atoms with van der Waals surface area (Å²) in [5, 5.41) is 6.90. The Balaban J connectivity index is 1.30. The lowest BCUT2D eigenvalue weighted by molar-refractivity contribution is -0.115. The molecule has 0 aliphatic rings. The van der Waals surface area contributed by atoms with Gasteiger partial charge in [-0.05, 0) is 49.2 Å². The zero-order valence-electron chi connectivity index (χ0n) is 17.5. The summed E-state index contributed by atoms with van der Waals surface area (Å²) in [6.07, 6.45) is 5.72. The molecule has 4 rings (SSSR count). The van der Waals surface area contributed by atoms with Crippen molar-refractivity contribution < 1.29 is 14.1 Å². The van der Waals surface area contributed by atoms with Gasteiger partial charge >= 0.3 is 0 Å². The van der Waals surface area contributed by atoms with Gasteiger partial charge in [0.25, 0.3) is 0 Å². The Morgan fingerprint density at radius 1 is 1.13 bits per heavy atom. The summed E-state index contributed by atoms with van der Waals surface area (Å²) in [7, 11) is 0. The van der Waals surface area contributed by atoms with Gasteiger partial charge in [0.15, 0.2) is 0 Å². The minimum atomic E-state index is -0.0656. The fourth-order valence-electron chi connectivity index (χ4n) is 3.30. The summed E-state index contributed by atoms with van der Waals surface area (Å²) in [6.45, 7) is 4.87. The Hall–Kier alpha value is -3.87. The van der Waals surface area contributed by atoms with Crippen LogP contribution in [0.4, 0.5) is 5.69 Å². The van der Waals surface area contributed by atoms with Crippen LogP contribution in [0.5, 0.6) is 5.75 Å². The number of nitrogens with zero attached hydrogens (tertiary/aromatic N) is 3. The van der Waals surface area contributed by atoms with Crippen LogP contribution in [0.15, 0.2) is 71.8 Å². The molecular formula is C24H24N4O3. The average Bonchev–Trinajstić information content (AvgIpc) is 3.37. The largest absolute Gasteiger partial charge is 0.489 e. The van der Waals surface area contributed by atoms with Crippen LogP contribution >= 0.6 is 0 Å². The summed E-state index contributed by atoms with van der Waals surface area (Å²) in [5.41, 5.74) is 4.58. The number of hydrogen-bond donors (Lipinski definition) is 1. The van der Waals surface area contributed by atoms with Crippen LogP contribution in [-0.4, -0.2) is 20.6 Å². The van der Waals surface area contributed by atoms with E-state index in [0.29, 0.717) is 13.2 Å². The molecule has 7 heteroatoms. The standard InChI is InChI=1S/C24H24N4O3/c1-17-23(18(2)31-27-17)15-30-22-8-6-19(7-9-22)13-24(29)26-21-5-3-4-20(12-21)14-28-11-10-25-16-28/h3-12,16H,13-15H2,1-2H3,(H,26,29). The number of nitrogens with one attached hydrogen (secondary N) is 1. The van der Waals surface area contributed by atoms with Gasteiger partial charge in [0.1, 0.15) is 18.1 Å². The van der Waals surface area contributed by atoms with Crippen molar-refractivity contribution in [1.82, 2.24) is 14.7 Å². The predicted molar refractivity (Wildman–Crippen MR) is 117 cm³/mol. The fraction of sp³-hybridized carbons (Fsp3) is 0.208. The minimum Gasteiger partial charge on any atom is -0.489 e. The fourth-order valence-corrected chi connectivity index (χ4v) is 3.30. The number of amides is 1. The van der Waals surface area contributed by atoms with E-state index in [9.17, 15) is 4.79 Å². The van der Waals surface area contributed by atoms with E-state index in [4.69, 9.17) is 9.26 Å². The van der Waals surface area contributed by atoms with Gasteiger partial charge in [-0.3, -0.25) is 4.79 Å². The molecule has 0 aliphatic carbocycles. The molecule has 4 aromatic rings. The highest BCUT2D eigenvalue weighted by atomic mass is 16.5. The first-order valence-electron chi connectivity index (χ1n) is 10.0. The van der Waals surface area contributed by atoms with E-state index >= 15 is 0 Å². The van der Waals surface area contributed by atoms with Gasteiger partial charge in [0.05, 0.1) is 24.0 Å². The third-order valence-corrected chi connectivity index (χ3v) is 4.99. The molecule has 1 amide bonds. The maximum atomic E-state index is 12.5. The Morgan fingerprint density at radius 2 is 1.97 bits per heavy atom. The van der Waals surface area contributed by atoms with E-state index in [1.165, 1.54) is 0 Å². The van der Waals surface area contributed by atoms with Crippen molar-refractivity contribution in [1.29, 1.82) is 0 Å². The number of anilines is 1. The first-order chi connectivity index (χ1) is 15.1. The lowest BCUT2D eigenvalue weighted by atomic mass is 10.1. The normalized spacial score (nSPS) is 10.8. The monoisotopic (exact) mass is 416 g/mol. The molecule has 158 valence electrons. The topological polar surface area (TPSA) is 82.2 Å². The summed E-state index contributed by atoms with van der Waals surface area (Å²) >= 11 is 0. The summed E-state index contributed by atoms with van der Waals surface area (Å²) in [6, 6.07) is 15.4. The van der Waals surface area contributed by atoms with Gasteiger partial charge in [-0.1, -0.05) is 29.4 Å². The van der Waals surface area contributed by atoms with Crippen molar-refractivity contribution in [2.75, 3.05) is 5.32 Å². The van der Waals surface area contributed by atoms with E-state index < -0.39 is 0 Å². The Bertz CT molecular complexity index is 1130. The Labute approximate surface area is 180 Å². The van der Waals surface area contributed by atoms with Gasteiger partial charge < -0.3 is 19.1 Å². The number of benzene rings is 2. The van der Waals surface area contributed by atoms with E-state index in [2.05, 4.69) is 15.5 Å². The molecular weight excluding hydrogens is 392 g/mol. The van der Waals surface area contributed by atoms with Crippen molar-refractivity contribution in [3.8, 4) is 5.75 Å². The van der Waals surface area contributed by atoms with Crippen LogP contribution < -0.4 is 10.1 Å². The van der Waals surface area contributed by atoms with Crippen LogP contribution in [0.25, 0.3) is 0 Å². The van der Waals surface area contributed by atoms with Crippen LogP contribution in [-0.2, 0) is 24.4 Å². The van der Waals surface area contributed by atoms with Gasteiger partial charge in [-0.25, -0.2) is 4.98 Å². The first kappa shape index (κ1) is 20.4. The Kier molecular flexibility index (Phi) is 6.12. The number of imidazole rings is 1. The van der Waals surface area contributed by atoms with Crippen LogP contribution in [0.1, 0.15) is 28.1 Å². The van der Waals surface area contributed by atoms with Gasteiger partial charge in [-0.15, -0.1) is 0 Å². The molecule has 0 radical (unpaired) electrons. The SMILES string of the molecule is Cc1noc(C)c1COc1ccc(CC(=O)Nc2cccc(Cn3ccnc3)c2)cc1. The Morgan fingerprint density at radius 3 is 2.68 bits per heavy atom. The molecule has 0 saturated heterocycles. The molecule has 31 heavy (non-hydrogen) atoms. The van der Waals surface area contributed by atoms with E-state index in [1.54, 1.807) is 12.5 Å². The lowest BCUT2D eigenvalue weighted by Crippen LogP contribution is -2.14. The molecule has 1 N–H and O–H groups in total. The van der Waals surface area contributed by atoms with Crippen LogP contribution in [0.3, 0.4) is 0 Å². The highest BCUT2D eigenvalue weighted by molar-refractivity contribution is 5.92. The highest BCUT2D eigenvalue weighted by Gasteiger charge is 2.10. The molecule has 0 bridgehead atoms. The molecule has 2 aromatic carbocycles. The molecule has 2 heterocycles.